The molecule has 0 spiro atoms. The summed E-state index contributed by atoms with van der Waals surface area (Å²) in [5.41, 5.74) is 4.92. The quantitative estimate of drug-likeness (QED) is 0.797. The molecule has 1 aliphatic carbocycles. The zero-order chi connectivity index (χ0) is 11.8. The van der Waals surface area contributed by atoms with Crippen molar-refractivity contribution in [1.82, 2.24) is 0 Å². The number of hydrogen-bond acceptors (Lipinski definition) is 1. The second kappa shape index (κ2) is 4.08. The smallest absolute Gasteiger partial charge is 0.115 e. The van der Waals surface area contributed by atoms with E-state index in [0.717, 1.165) is 29.0 Å². The average Bonchev–Trinajstić information content (AvgIpc) is 2.78. The van der Waals surface area contributed by atoms with E-state index in [1.165, 1.54) is 17.5 Å². The summed E-state index contributed by atoms with van der Waals surface area (Å²) in [6.07, 6.45) is 3.43. The summed E-state index contributed by atoms with van der Waals surface area (Å²) < 4.78 is 0. The molecule has 0 heterocycles. The van der Waals surface area contributed by atoms with Crippen molar-refractivity contribution in [2.45, 2.75) is 19.3 Å². The first kappa shape index (κ1) is 10.7. The van der Waals surface area contributed by atoms with Crippen molar-refractivity contribution in [3.63, 3.8) is 0 Å². The van der Waals surface area contributed by atoms with Crippen LogP contribution in [0.3, 0.4) is 0 Å². The molecular weight excluding hydrogens is 232 g/mol. The van der Waals surface area contributed by atoms with Crippen LogP contribution in [-0.2, 0) is 12.8 Å². The SMILES string of the molecule is Oc1ccc(-c2cc(Cl)c3c(c2)CCC3)cc1. The molecule has 2 aromatic carbocycles. The Morgan fingerprint density at radius 1 is 0.941 bits per heavy atom. The summed E-state index contributed by atoms with van der Waals surface area (Å²) in [5.74, 6) is 0.293. The van der Waals surface area contributed by atoms with E-state index >= 15 is 0 Å². The molecule has 0 saturated carbocycles. The van der Waals surface area contributed by atoms with E-state index in [1.807, 2.05) is 18.2 Å². The molecule has 0 aromatic heterocycles. The molecule has 1 nitrogen and oxygen atoms in total. The molecule has 0 saturated heterocycles. The summed E-state index contributed by atoms with van der Waals surface area (Å²) >= 11 is 6.31. The fourth-order valence-electron chi connectivity index (χ4n) is 2.47. The van der Waals surface area contributed by atoms with Gasteiger partial charge in [-0.1, -0.05) is 29.8 Å². The first-order chi connectivity index (χ1) is 8.24. The molecule has 0 fully saturated rings. The summed E-state index contributed by atoms with van der Waals surface area (Å²) in [6.45, 7) is 0. The van der Waals surface area contributed by atoms with E-state index in [-0.39, 0.29) is 0 Å². The number of phenols is 1. The number of aryl methyl sites for hydroxylation is 1. The molecule has 0 radical (unpaired) electrons. The van der Waals surface area contributed by atoms with Gasteiger partial charge in [0, 0.05) is 5.02 Å². The molecular formula is C15H13ClO. The van der Waals surface area contributed by atoms with E-state index < -0.39 is 0 Å². The van der Waals surface area contributed by atoms with Gasteiger partial charge in [0.15, 0.2) is 0 Å². The highest BCUT2D eigenvalue weighted by Crippen LogP contribution is 2.34. The van der Waals surface area contributed by atoms with Gasteiger partial charge in [-0.3, -0.25) is 0 Å². The van der Waals surface area contributed by atoms with E-state index in [0.29, 0.717) is 5.75 Å². The second-order valence-electron chi connectivity index (χ2n) is 4.50. The van der Waals surface area contributed by atoms with Crippen molar-refractivity contribution in [3.8, 4) is 16.9 Å². The van der Waals surface area contributed by atoms with Crippen molar-refractivity contribution in [2.75, 3.05) is 0 Å². The van der Waals surface area contributed by atoms with Crippen molar-refractivity contribution >= 4 is 11.6 Å². The normalized spacial score (nSPS) is 13.7. The van der Waals surface area contributed by atoms with E-state index in [2.05, 4.69) is 6.07 Å². The highest BCUT2D eigenvalue weighted by Gasteiger charge is 2.15. The van der Waals surface area contributed by atoms with Crippen LogP contribution in [0.15, 0.2) is 36.4 Å². The Balaban J connectivity index is 2.10. The Morgan fingerprint density at radius 3 is 2.47 bits per heavy atom. The van der Waals surface area contributed by atoms with Gasteiger partial charge in [-0.15, -0.1) is 0 Å². The topological polar surface area (TPSA) is 20.2 Å². The summed E-state index contributed by atoms with van der Waals surface area (Å²) in [6, 6.07) is 11.5. The Hall–Kier alpha value is -1.47. The molecule has 2 aromatic rings. The molecule has 3 rings (SSSR count). The van der Waals surface area contributed by atoms with Gasteiger partial charge in [-0.2, -0.15) is 0 Å². The number of halogens is 1. The average molecular weight is 245 g/mol. The van der Waals surface area contributed by atoms with Gasteiger partial charge in [0.25, 0.3) is 0 Å². The predicted octanol–water partition coefficient (Wildman–Crippen LogP) is 4.20. The lowest BCUT2D eigenvalue weighted by atomic mass is 10.0. The molecule has 1 N–H and O–H groups in total. The Morgan fingerprint density at radius 2 is 1.71 bits per heavy atom. The summed E-state index contributed by atoms with van der Waals surface area (Å²) in [4.78, 5) is 0. The molecule has 1 aliphatic rings. The van der Waals surface area contributed by atoms with Crippen LogP contribution in [0.25, 0.3) is 11.1 Å². The minimum absolute atomic E-state index is 0.293. The fraction of sp³-hybridized carbons (Fsp3) is 0.200. The number of rotatable bonds is 1. The number of fused-ring (bicyclic) bond motifs is 1. The highest BCUT2D eigenvalue weighted by atomic mass is 35.5. The third-order valence-electron chi connectivity index (χ3n) is 3.36. The molecule has 0 atom stereocenters. The van der Waals surface area contributed by atoms with Crippen LogP contribution in [0.5, 0.6) is 5.75 Å². The highest BCUT2D eigenvalue weighted by molar-refractivity contribution is 6.31. The summed E-state index contributed by atoms with van der Waals surface area (Å²) in [7, 11) is 0. The van der Waals surface area contributed by atoms with Gasteiger partial charge < -0.3 is 5.11 Å². The zero-order valence-corrected chi connectivity index (χ0v) is 10.2. The molecule has 0 aliphatic heterocycles. The molecule has 0 bridgehead atoms. The third kappa shape index (κ3) is 1.91. The van der Waals surface area contributed by atoms with Gasteiger partial charge in [0.2, 0.25) is 0 Å². The van der Waals surface area contributed by atoms with Gasteiger partial charge in [-0.05, 0) is 59.7 Å². The van der Waals surface area contributed by atoms with Crippen LogP contribution in [0, 0.1) is 0 Å². The van der Waals surface area contributed by atoms with Crippen molar-refractivity contribution in [1.29, 1.82) is 0 Å². The van der Waals surface area contributed by atoms with Gasteiger partial charge in [-0.25, -0.2) is 0 Å². The van der Waals surface area contributed by atoms with Crippen LogP contribution in [0.2, 0.25) is 5.02 Å². The largest absolute Gasteiger partial charge is 0.508 e. The van der Waals surface area contributed by atoms with Crippen LogP contribution in [-0.4, -0.2) is 5.11 Å². The first-order valence-electron chi connectivity index (χ1n) is 5.85. The van der Waals surface area contributed by atoms with Crippen molar-refractivity contribution in [3.05, 3.63) is 52.5 Å². The molecule has 17 heavy (non-hydrogen) atoms. The minimum atomic E-state index is 0.293. The van der Waals surface area contributed by atoms with Gasteiger partial charge in [0.05, 0.1) is 0 Å². The number of benzene rings is 2. The second-order valence-corrected chi connectivity index (χ2v) is 4.90. The number of aromatic hydroxyl groups is 1. The Labute approximate surface area is 106 Å². The maximum absolute atomic E-state index is 9.29. The van der Waals surface area contributed by atoms with Crippen LogP contribution < -0.4 is 0 Å². The van der Waals surface area contributed by atoms with Crippen LogP contribution >= 0.6 is 11.6 Å². The number of phenolic OH excluding ortho intramolecular Hbond substituents is 1. The van der Waals surface area contributed by atoms with Gasteiger partial charge >= 0.3 is 0 Å². The fourth-order valence-corrected chi connectivity index (χ4v) is 2.81. The standard InChI is InChI=1S/C15H13ClO/c16-15-9-12(8-11-2-1-3-14(11)15)10-4-6-13(17)7-5-10/h4-9,17H,1-3H2. The molecule has 0 unspecified atom stereocenters. The summed E-state index contributed by atoms with van der Waals surface area (Å²) in [5, 5.41) is 10.2. The predicted molar refractivity (Wildman–Crippen MR) is 70.6 cm³/mol. The van der Waals surface area contributed by atoms with Crippen molar-refractivity contribution < 1.29 is 5.11 Å². The molecule has 86 valence electrons. The maximum atomic E-state index is 9.29. The maximum Gasteiger partial charge on any atom is 0.115 e. The van der Waals surface area contributed by atoms with Crippen LogP contribution in [0.4, 0.5) is 0 Å². The zero-order valence-electron chi connectivity index (χ0n) is 9.41. The third-order valence-corrected chi connectivity index (χ3v) is 3.70. The number of hydrogen-bond donors (Lipinski definition) is 1. The van der Waals surface area contributed by atoms with E-state index in [1.54, 1.807) is 12.1 Å². The lowest BCUT2D eigenvalue weighted by molar-refractivity contribution is 0.475. The van der Waals surface area contributed by atoms with Crippen LogP contribution in [0.1, 0.15) is 17.5 Å². The molecule has 2 heteroatoms. The lowest BCUT2D eigenvalue weighted by Crippen LogP contribution is -1.86. The van der Waals surface area contributed by atoms with Gasteiger partial charge in [0.1, 0.15) is 5.75 Å². The van der Waals surface area contributed by atoms with Crippen molar-refractivity contribution in [2.24, 2.45) is 0 Å². The minimum Gasteiger partial charge on any atom is -0.508 e. The Bertz CT molecular complexity index is 558. The van der Waals surface area contributed by atoms with E-state index in [9.17, 15) is 5.11 Å². The molecule has 0 amide bonds. The van der Waals surface area contributed by atoms with E-state index in [4.69, 9.17) is 11.6 Å². The Kier molecular flexibility index (Phi) is 2.56. The first-order valence-corrected chi connectivity index (χ1v) is 6.22. The monoisotopic (exact) mass is 244 g/mol. The lowest BCUT2D eigenvalue weighted by Gasteiger charge is -2.08.